The van der Waals surface area contributed by atoms with E-state index in [1.807, 2.05) is 109 Å². The summed E-state index contributed by atoms with van der Waals surface area (Å²) in [6.07, 6.45) is 0. The second-order valence-corrected chi connectivity index (χ2v) is 15.2. The van der Waals surface area contributed by atoms with Crippen molar-refractivity contribution in [1.82, 2.24) is 39.0 Å². The second-order valence-electron chi connectivity index (χ2n) is 15.2. The van der Waals surface area contributed by atoms with Crippen LogP contribution in [0.25, 0.3) is 112 Å². The number of fused-ring (bicyclic) bond motifs is 6. The Bertz CT molecular complexity index is 3560. The van der Waals surface area contributed by atoms with Crippen LogP contribution in [0.1, 0.15) is 0 Å². The Hall–Kier alpha value is -8.62. The molecule has 0 atom stereocenters. The van der Waals surface area contributed by atoms with Crippen LogP contribution in [0.3, 0.4) is 0 Å². The first-order valence-electron chi connectivity index (χ1n) is 20.5. The highest BCUT2D eigenvalue weighted by atomic mass is 15.2. The van der Waals surface area contributed by atoms with Crippen LogP contribution >= 0.6 is 0 Å². The third-order valence-electron chi connectivity index (χ3n) is 11.4. The molecule has 0 unspecified atom stereocenters. The van der Waals surface area contributed by atoms with Crippen LogP contribution in [-0.2, 0) is 0 Å². The predicted octanol–water partition coefficient (Wildman–Crippen LogP) is 12.6. The molecule has 62 heavy (non-hydrogen) atoms. The Balaban J connectivity index is 1.08. The van der Waals surface area contributed by atoms with Gasteiger partial charge in [0.25, 0.3) is 0 Å². The molecule has 8 aromatic carbocycles. The summed E-state index contributed by atoms with van der Waals surface area (Å²) < 4.78 is 4.54. The molecule has 0 radical (unpaired) electrons. The molecule has 4 heterocycles. The van der Waals surface area contributed by atoms with Crippen LogP contribution in [-0.4, -0.2) is 39.0 Å². The van der Waals surface area contributed by atoms with E-state index in [2.05, 4.69) is 106 Å². The maximum Gasteiger partial charge on any atom is 0.238 e. The molecule has 0 amide bonds. The Morgan fingerprint density at radius 1 is 0.242 bits per heavy atom. The van der Waals surface area contributed by atoms with E-state index >= 15 is 0 Å². The van der Waals surface area contributed by atoms with Gasteiger partial charge in [0.2, 0.25) is 5.95 Å². The van der Waals surface area contributed by atoms with Crippen LogP contribution in [0.2, 0.25) is 0 Å². The number of hydrogen-bond acceptors (Lipinski definition) is 6. The molecule has 0 aliphatic rings. The molecule has 0 saturated carbocycles. The van der Waals surface area contributed by atoms with E-state index < -0.39 is 0 Å². The zero-order chi connectivity index (χ0) is 41.0. The van der Waals surface area contributed by atoms with Crippen molar-refractivity contribution in [2.24, 2.45) is 0 Å². The number of hydrogen-bond donors (Lipinski definition) is 0. The van der Waals surface area contributed by atoms with Crippen molar-refractivity contribution in [2.75, 3.05) is 0 Å². The normalized spacial score (nSPS) is 11.5. The third-order valence-corrected chi connectivity index (χ3v) is 11.4. The van der Waals surface area contributed by atoms with Gasteiger partial charge in [-0.05, 0) is 42.5 Å². The molecule has 0 saturated heterocycles. The monoisotopic (exact) mass is 794 g/mol. The van der Waals surface area contributed by atoms with E-state index in [4.69, 9.17) is 29.9 Å². The second kappa shape index (κ2) is 14.6. The molecule has 12 rings (SSSR count). The van der Waals surface area contributed by atoms with E-state index in [1.165, 1.54) is 5.39 Å². The maximum absolute atomic E-state index is 5.31. The molecule has 8 heteroatoms. The Morgan fingerprint density at radius 2 is 0.597 bits per heavy atom. The van der Waals surface area contributed by atoms with Gasteiger partial charge in [-0.25, -0.2) is 19.9 Å². The third kappa shape index (κ3) is 6.00. The van der Waals surface area contributed by atoms with Crippen molar-refractivity contribution in [1.29, 1.82) is 0 Å². The highest BCUT2D eigenvalue weighted by molar-refractivity contribution is 6.18. The Kier molecular flexibility index (Phi) is 8.31. The van der Waals surface area contributed by atoms with Gasteiger partial charge in [0.15, 0.2) is 29.1 Å². The van der Waals surface area contributed by atoms with Crippen molar-refractivity contribution < 1.29 is 0 Å². The summed E-state index contributed by atoms with van der Waals surface area (Å²) in [4.78, 5) is 30.6. The SMILES string of the molecule is c1ccc(-c2nc(-c3ccccc3)nc(-c3cccc(-c4nc(-c5ccccc5)nc(-n5c6ccccc6c6cc7c(cc65)c5ccccc5n7-c5ccccc5)n4)c3)n2)cc1. The fourth-order valence-corrected chi connectivity index (χ4v) is 8.55. The molecule has 12 aromatic rings. The minimum absolute atomic E-state index is 0.523. The van der Waals surface area contributed by atoms with Crippen molar-refractivity contribution in [3.05, 3.63) is 206 Å². The standard InChI is InChI=1S/C54H34N8/c1-5-18-35(19-6-1)49-55-50(36-20-7-2-8-21-36)57-52(56-49)38-24-17-25-39(32-38)53-58-51(37-22-9-3-10-23-37)59-54(60-53)62-46-31-16-14-29-42(46)44-33-47-43(34-48(44)62)41-28-13-15-30-45(41)61(47)40-26-11-4-12-27-40/h1-34H. The van der Waals surface area contributed by atoms with E-state index in [9.17, 15) is 0 Å². The van der Waals surface area contributed by atoms with Crippen molar-refractivity contribution in [3.8, 4) is 68.6 Å². The number of benzene rings is 8. The molecule has 0 N–H and O–H groups in total. The summed E-state index contributed by atoms with van der Waals surface area (Å²) in [5, 5.41) is 4.54. The van der Waals surface area contributed by atoms with Gasteiger partial charge in [-0.1, -0.05) is 164 Å². The molecule has 290 valence electrons. The first-order chi connectivity index (χ1) is 30.7. The molecule has 0 bridgehead atoms. The topological polar surface area (TPSA) is 87.2 Å². The molecule has 0 fully saturated rings. The lowest BCUT2D eigenvalue weighted by molar-refractivity contribution is 0.954. The largest absolute Gasteiger partial charge is 0.309 e. The summed E-state index contributed by atoms with van der Waals surface area (Å²) in [5.41, 5.74) is 9.74. The van der Waals surface area contributed by atoms with E-state index in [0.717, 1.165) is 71.7 Å². The van der Waals surface area contributed by atoms with Gasteiger partial charge in [-0.3, -0.25) is 4.57 Å². The average molecular weight is 795 g/mol. The van der Waals surface area contributed by atoms with Crippen LogP contribution in [0.15, 0.2) is 206 Å². The quantitative estimate of drug-likeness (QED) is 0.160. The summed E-state index contributed by atoms with van der Waals surface area (Å²) in [7, 11) is 0. The molecule has 0 aliphatic heterocycles. The van der Waals surface area contributed by atoms with Crippen molar-refractivity contribution >= 4 is 43.6 Å². The van der Waals surface area contributed by atoms with Gasteiger partial charge >= 0.3 is 0 Å². The zero-order valence-electron chi connectivity index (χ0n) is 33.2. The maximum atomic E-state index is 5.31. The molecule has 0 spiro atoms. The van der Waals surface area contributed by atoms with Crippen molar-refractivity contribution in [2.45, 2.75) is 0 Å². The molecular weight excluding hydrogens is 761 g/mol. The van der Waals surface area contributed by atoms with Crippen LogP contribution in [0.5, 0.6) is 0 Å². The van der Waals surface area contributed by atoms with Gasteiger partial charge in [-0.2, -0.15) is 9.97 Å². The van der Waals surface area contributed by atoms with Gasteiger partial charge in [-0.15, -0.1) is 0 Å². The first kappa shape index (κ1) is 35.3. The summed E-state index contributed by atoms with van der Waals surface area (Å²) in [6, 6.07) is 70.5. The minimum Gasteiger partial charge on any atom is -0.309 e. The average Bonchev–Trinajstić information content (AvgIpc) is 3.86. The smallest absolute Gasteiger partial charge is 0.238 e. The Labute approximate surface area is 356 Å². The molecule has 8 nitrogen and oxygen atoms in total. The number of aromatic nitrogens is 8. The lowest BCUT2D eigenvalue weighted by Crippen LogP contribution is -2.06. The van der Waals surface area contributed by atoms with E-state index in [-0.39, 0.29) is 0 Å². The Morgan fingerprint density at radius 3 is 1.10 bits per heavy atom. The molecule has 4 aromatic heterocycles. The zero-order valence-corrected chi connectivity index (χ0v) is 33.2. The summed E-state index contributed by atoms with van der Waals surface area (Å²) >= 11 is 0. The highest BCUT2D eigenvalue weighted by Gasteiger charge is 2.22. The van der Waals surface area contributed by atoms with Crippen LogP contribution < -0.4 is 0 Å². The fraction of sp³-hybridized carbons (Fsp3) is 0. The number of para-hydroxylation sites is 3. The van der Waals surface area contributed by atoms with E-state index in [1.54, 1.807) is 0 Å². The summed E-state index contributed by atoms with van der Waals surface area (Å²) in [5.74, 6) is 3.38. The lowest BCUT2D eigenvalue weighted by atomic mass is 10.1. The van der Waals surface area contributed by atoms with Crippen molar-refractivity contribution in [3.63, 3.8) is 0 Å². The summed E-state index contributed by atoms with van der Waals surface area (Å²) in [6.45, 7) is 0. The van der Waals surface area contributed by atoms with Gasteiger partial charge in [0.05, 0.1) is 22.1 Å². The number of nitrogens with zero attached hydrogens (tertiary/aromatic N) is 8. The first-order valence-corrected chi connectivity index (χ1v) is 20.5. The van der Waals surface area contributed by atoms with Gasteiger partial charge in [0, 0.05) is 55.0 Å². The molecule has 0 aliphatic carbocycles. The number of rotatable bonds is 7. The van der Waals surface area contributed by atoms with Gasteiger partial charge in [0.1, 0.15) is 0 Å². The fourth-order valence-electron chi connectivity index (χ4n) is 8.55. The molecular formula is C54H34N8. The van der Waals surface area contributed by atoms with E-state index in [0.29, 0.717) is 35.1 Å². The predicted molar refractivity (Wildman–Crippen MR) is 249 cm³/mol. The lowest BCUT2D eigenvalue weighted by Gasteiger charge is -2.12. The van der Waals surface area contributed by atoms with Gasteiger partial charge < -0.3 is 4.57 Å². The minimum atomic E-state index is 0.523. The van der Waals surface area contributed by atoms with Crippen LogP contribution in [0.4, 0.5) is 0 Å². The van der Waals surface area contributed by atoms with Crippen LogP contribution in [0, 0.1) is 0 Å². The highest BCUT2D eigenvalue weighted by Crippen LogP contribution is 2.40.